The van der Waals surface area contributed by atoms with Gasteiger partial charge in [0, 0.05) is 22.0 Å². The van der Waals surface area contributed by atoms with Gasteiger partial charge in [-0.25, -0.2) is 4.98 Å². The lowest BCUT2D eigenvalue weighted by atomic mass is 10.3. The fourth-order valence-corrected chi connectivity index (χ4v) is 2.23. The highest BCUT2D eigenvalue weighted by molar-refractivity contribution is 9.10. The first kappa shape index (κ1) is 13.6. The molecule has 0 aliphatic heterocycles. The number of nitrogens with two attached hydrogens (primary N) is 1. The van der Waals surface area contributed by atoms with E-state index < -0.39 is 0 Å². The Balaban J connectivity index is 1.89. The molecule has 0 amide bonds. The van der Waals surface area contributed by atoms with E-state index in [4.69, 9.17) is 5.73 Å². The van der Waals surface area contributed by atoms with Crippen molar-refractivity contribution in [1.29, 1.82) is 0 Å². The zero-order chi connectivity index (χ0) is 14.8. The number of benzene rings is 1. The first-order chi connectivity index (χ1) is 10.1. The van der Waals surface area contributed by atoms with Crippen LogP contribution in [-0.2, 0) is 0 Å². The standard InChI is InChI=1S/C14H11BrN5O/c15-10-4-5-14-17-7-13(19(14)9-10)8-18-20(21)12-3-1-2-11(16)6-12/h1-9H,16H2/q-1/b18-8+. The molecular formula is C14H11BrN5O-. The Morgan fingerprint density at radius 1 is 1.33 bits per heavy atom. The summed E-state index contributed by atoms with van der Waals surface area (Å²) in [7, 11) is 0. The van der Waals surface area contributed by atoms with Gasteiger partial charge in [0.25, 0.3) is 0 Å². The first-order valence-corrected chi connectivity index (χ1v) is 6.92. The third-order valence-electron chi connectivity index (χ3n) is 2.88. The van der Waals surface area contributed by atoms with E-state index >= 15 is 0 Å². The van der Waals surface area contributed by atoms with E-state index in [2.05, 4.69) is 26.0 Å². The Hall–Kier alpha value is -2.38. The molecule has 106 valence electrons. The molecular weight excluding hydrogens is 334 g/mol. The van der Waals surface area contributed by atoms with E-state index in [1.165, 1.54) is 6.21 Å². The zero-order valence-corrected chi connectivity index (χ0v) is 12.4. The van der Waals surface area contributed by atoms with Crippen molar-refractivity contribution in [3.8, 4) is 0 Å². The molecule has 0 fully saturated rings. The monoisotopic (exact) mass is 344 g/mol. The summed E-state index contributed by atoms with van der Waals surface area (Å²) >= 11 is 3.40. The molecule has 0 aliphatic rings. The second-order valence-corrected chi connectivity index (χ2v) is 5.29. The number of anilines is 2. The molecule has 6 nitrogen and oxygen atoms in total. The van der Waals surface area contributed by atoms with Crippen molar-refractivity contribution in [3.63, 3.8) is 0 Å². The van der Waals surface area contributed by atoms with E-state index in [-0.39, 0.29) is 0 Å². The van der Waals surface area contributed by atoms with Crippen molar-refractivity contribution >= 4 is 39.2 Å². The molecule has 3 aromatic rings. The van der Waals surface area contributed by atoms with Gasteiger partial charge in [-0.2, -0.15) is 5.10 Å². The lowest BCUT2D eigenvalue weighted by molar-refractivity contribution is 1.08. The number of hydrogen-bond donors (Lipinski definition) is 1. The van der Waals surface area contributed by atoms with Crippen molar-refractivity contribution in [2.45, 2.75) is 0 Å². The van der Waals surface area contributed by atoms with Crippen LogP contribution in [-0.4, -0.2) is 15.6 Å². The number of nitrogen functional groups attached to an aromatic ring is 1. The van der Waals surface area contributed by atoms with Gasteiger partial charge >= 0.3 is 0 Å². The lowest BCUT2D eigenvalue weighted by Gasteiger charge is -2.24. The van der Waals surface area contributed by atoms with E-state index in [1.807, 2.05) is 22.7 Å². The smallest absolute Gasteiger partial charge is 0.137 e. The molecule has 0 radical (unpaired) electrons. The van der Waals surface area contributed by atoms with Crippen molar-refractivity contribution in [1.82, 2.24) is 9.38 Å². The lowest BCUT2D eigenvalue weighted by Crippen LogP contribution is -2.07. The van der Waals surface area contributed by atoms with Gasteiger partial charge in [0.1, 0.15) is 5.65 Å². The SMILES string of the molecule is Nc1cccc(N([O-])/N=C/c2cnc3ccc(Br)cn23)c1. The number of fused-ring (bicyclic) bond motifs is 1. The van der Waals surface area contributed by atoms with Gasteiger partial charge in [-0.05, 0) is 46.3 Å². The third-order valence-corrected chi connectivity index (χ3v) is 3.35. The molecule has 1 aromatic carbocycles. The first-order valence-electron chi connectivity index (χ1n) is 6.13. The predicted octanol–water partition coefficient (Wildman–Crippen LogP) is 3.02. The number of nitrogens with zero attached hydrogens (tertiary/aromatic N) is 4. The maximum Gasteiger partial charge on any atom is 0.137 e. The Labute approximate surface area is 129 Å². The average molecular weight is 345 g/mol. The molecule has 0 saturated carbocycles. The number of rotatable bonds is 3. The minimum absolute atomic E-state index is 0.376. The summed E-state index contributed by atoms with van der Waals surface area (Å²) in [5.74, 6) is 0. The van der Waals surface area contributed by atoms with Gasteiger partial charge in [-0.1, -0.05) is 6.07 Å². The van der Waals surface area contributed by atoms with Gasteiger partial charge in [-0.15, -0.1) is 0 Å². The third kappa shape index (κ3) is 2.88. The zero-order valence-electron chi connectivity index (χ0n) is 10.8. The van der Waals surface area contributed by atoms with E-state index in [1.54, 1.807) is 30.5 Å². The fourth-order valence-electron chi connectivity index (χ4n) is 1.89. The summed E-state index contributed by atoms with van der Waals surface area (Å²) in [5.41, 5.74) is 8.02. The number of halogens is 1. The fraction of sp³-hybridized carbons (Fsp3) is 0. The quantitative estimate of drug-likeness (QED) is 0.449. The topological polar surface area (TPSA) is 82.0 Å². The molecule has 0 saturated heterocycles. The average Bonchev–Trinajstić information content (AvgIpc) is 2.87. The van der Waals surface area contributed by atoms with E-state index in [9.17, 15) is 5.21 Å². The molecule has 0 spiro atoms. The Morgan fingerprint density at radius 3 is 3.00 bits per heavy atom. The van der Waals surface area contributed by atoms with Crippen molar-refractivity contribution in [2.75, 3.05) is 10.9 Å². The molecule has 21 heavy (non-hydrogen) atoms. The minimum Gasteiger partial charge on any atom is -0.737 e. The molecule has 3 rings (SSSR count). The molecule has 2 heterocycles. The highest BCUT2D eigenvalue weighted by atomic mass is 79.9. The Morgan fingerprint density at radius 2 is 2.19 bits per heavy atom. The van der Waals surface area contributed by atoms with Crippen LogP contribution in [0.2, 0.25) is 0 Å². The van der Waals surface area contributed by atoms with Crippen molar-refractivity contribution in [3.05, 3.63) is 64.2 Å². The summed E-state index contributed by atoms with van der Waals surface area (Å²) in [6, 6.07) is 10.4. The number of pyridine rings is 1. The molecule has 2 N–H and O–H groups in total. The van der Waals surface area contributed by atoms with Crippen LogP contribution >= 0.6 is 15.9 Å². The number of hydrogen-bond acceptors (Lipinski definition) is 5. The highest BCUT2D eigenvalue weighted by Crippen LogP contribution is 2.17. The predicted molar refractivity (Wildman–Crippen MR) is 87.2 cm³/mol. The van der Waals surface area contributed by atoms with Crippen LogP contribution in [0, 0.1) is 5.21 Å². The normalized spacial score (nSPS) is 11.3. The summed E-state index contributed by atoms with van der Waals surface area (Å²) in [5, 5.41) is 16.3. The summed E-state index contributed by atoms with van der Waals surface area (Å²) < 4.78 is 2.75. The molecule has 0 bridgehead atoms. The van der Waals surface area contributed by atoms with Gasteiger partial charge in [0.15, 0.2) is 0 Å². The number of hydrazone groups is 1. The maximum absolute atomic E-state index is 11.9. The largest absolute Gasteiger partial charge is 0.737 e. The van der Waals surface area contributed by atoms with Gasteiger partial charge in [-0.3, -0.25) is 4.40 Å². The van der Waals surface area contributed by atoms with Crippen LogP contribution in [0.4, 0.5) is 11.4 Å². The van der Waals surface area contributed by atoms with Crippen molar-refractivity contribution < 1.29 is 0 Å². The van der Waals surface area contributed by atoms with Gasteiger partial charge in [0.2, 0.25) is 0 Å². The van der Waals surface area contributed by atoms with E-state index in [0.29, 0.717) is 22.2 Å². The highest BCUT2D eigenvalue weighted by Gasteiger charge is 2.01. The minimum atomic E-state index is 0.376. The summed E-state index contributed by atoms with van der Waals surface area (Å²) in [4.78, 5) is 4.23. The second-order valence-electron chi connectivity index (χ2n) is 4.37. The van der Waals surface area contributed by atoms with Crippen LogP contribution in [0.15, 0.2) is 58.4 Å². The summed E-state index contributed by atoms with van der Waals surface area (Å²) in [6.07, 6.45) is 4.97. The molecule has 0 unspecified atom stereocenters. The maximum atomic E-state index is 11.9. The number of imidazole rings is 1. The Kier molecular flexibility index (Phi) is 3.59. The van der Waals surface area contributed by atoms with Crippen LogP contribution in [0.3, 0.4) is 0 Å². The van der Waals surface area contributed by atoms with Gasteiger partial charge < -0.3 is 16.1 Å². The van der Waals surface area contributed by atoms with Crippen LogP contribution in [0.25, 0.3) is 5.65 Å². The van der Waals surface area contributed by atoms with Crippen LogP contribution in [0.5, 0.6) is 0 Å². The van der Waals surface area contributed by atoms with Crippen LogP contribution in [0.1, 0.15) is 5.69 Å². The number of aromatic nitrogens is 2. The molecule has 0 aliphatic carbocycles. The van der Waals surface area contributed by atoms with E-state index in [0.717, 1.165) is 10.1 Å². The van der Waals surface area contributed by atoms with Crippen LogP contribution < -0.4 is 10.9 Å². The molecule has 7 heteroatoms. The van der Waals surface area contributed by atoms with Gasteiger partial charge in [0.05, 0.1) is 18.1 Å². The Bertz CT molecular complexity index is 814. The van der Waals surface area contributed by atoms with Crippen molar-refractivity contribution in [2.24, 2.45) is 5.10 Å². The summed E-state index contributed by atoms with van der Waals surface area (Å²) in [6.45, 7) is 0. The molecule has 0 atom stereocenters. The molecule has 2 aromatic heterocycles. The second kappa shape index (κ2) is 5.55.